The van der Waals surface area contributed by atoms with Gasteiger partial charge >= 0.3 is 58.2 Å². The van der Waals surface area contributed by atoms with E-state index in [0.717, 1.165) is 25.9 Å². The molecule has 3 heteroatoms. The van der Waals surface area contributed by atoms with Crippen molar-refractivity contribution in [3.63, 3.8) is 0 Å². The number of rotatable bonds is 0. The smallest absolute Gasteiger partial charge is 0.661 e. The molecule has 2 atom stereocenters. The van der Waals surface area contributed by atoms with Gasteiger partial charge in [-0.2, -0.15) is 0 Å². The summed E-state index contributed by atoms with van der Waals surface area (Å²) in [5.74, 6) is 1.41. The minimum Gasteiger partial charge on any atom is -0.661 e. The van der Waals surface area contributed by atoms with E-state index in [4.69, 9.17) is 0 Å². The van der Waals surface area contributed by atoms with E-state index in [1.165, 1.54) is 12.8 Å². The Morgan fingerprint density at radius 1 is 1.25 bits per heavy atom. The number of fused-ring (bicyclic) bond motifs is 1. The molecule has 0 aromatic carbocycles. The summed E-state index contributed by atoms with van der Waals surface area (Å²) in [5, 5.41) is 4.30. The van der Waals surface area contributed by atoms with E-state index in [2.05, 4.69) is 5.32 Å². The average molecular weight is 238 g/mol. The van der Waals surface area contributed by atoms with Crippen molar-refractivity contribution in [2.45, 2.75) is 25.7 Å². The zero-order valence-corrected chi connectivity index (χ0v) is 12.7. The number of Topliss-reactive ketones (excluding diaryl/α,β-unsaturated/α-hetero) is 1. The quantitative estimate of drug-likeness (QED) is 0.518. The number of nitrogens with zero attached hydrogens (tertiary/aromatic N) is 1. The number of hydrogen-bond donors (Lipinski definition) is 0. The van der Waals surface area contributed by atoms with Gasteiger partial charge in [0.05, 0.1) is 0 Å². The van der Waals surface area contributed by atoms with Gasteiger partial charge in [-0.25, -0.2) is 0 Å². The Kier molecular flexibility index (Phi) is 5.13. The summed E-state index contributed by atoms with van der Waals surface area (Å²) in [4.78, 5) is 11.4. The van der Waals surface area contributed by atoms with Crippen LogP contribution < -0.4 is 58.2 Å². The van der Waals surface area contributed by atoms with Gasteiger partial charge in [0.15, 0.2) is 0 Å². The fourth-order valence-electron chi connectivity index (χ4n) is 2.20. The fourth-order valence-corrected chi connectivity index (χ4v) is 2.20. The van der Waals surface area contributed by atoms with E-state index in [1.807, 2.05) is 0 Å². The van der Waals surface area contributed by atoms with E-state index < -0.39 is 0 Å². The maximum Gasteiger partial charge on any atom is 1.00 e. The molecule has 0 aromatic rings. The Labute approximate surface area is 123 Å². The Morgan fingerprint density at radius 3 is 2.92 bits per heavy atom. The van der Waals surface area contributed by atoms with Gasteiger partial charge in [-0.05, 0) is 6.42 Å². The van der Waals surface area contributed by atoms with Crippen molar-refractivity contribution < 1.29 is 63.0 Å². The second kappa shape index (κ2) is 5.35. The van der Waals surface area contributed by atoms with Gasteiger partial charge in [0, 0.05) is 12.3 Å². The van der Waals surface area contributed by atoms with Crippen LogP contribution in [-0.4, -0.2) is 18.9 Å². The average Bonchev–Trinajstić information content (AvgIpc) is 2.40. The van der Waals surface area contributed by atoms with Crippen LogP contribution in [0.4, 0.5) is 0 Å². The molecule has 2 aliphatic rings. The minimum absolute atomic E-state index is 0. The molecule has 2 nitrogen and oxygen atoms in total. The van der Waals surface area contributed by atoms with E-state index in [1.54, 1.807) is 0 Å². The number of hydrogen-bond acceptors (Lipinski definition) is 1. The summed E-state index contributed by atoms with van der Waals surface area (Å²) >= 11 is 0. The number of carbonyl (C=O) groups excluding carboxylic acids is 1. The van der Waals surface area contributed by atoms with Crippen LogP contribution in [0, 0.1) is 11.8 Å². The topological polar surface area (TPSA) is 31.2 Å². The molecule has 62 valence electrons. The summed E-state index contributed by atoms with van der Waals surface area (Å²) < 4.78 is 0. The number of ketones is 1. The largest absolute Gasteiger partial charge is 1.00 e. The normalized spacial score (nSPS) is 35.2. The third kappa shape index (κ3) is 2.47. The van der Waals surface area contributed by atoms with Crippen molar-refractivity contribution in [3.05, 3.63) is 5.32 Å². The first kappa shape index (κ1) is 11.5. The Morgan fingerprint density at radius 2 is 2.08 bits per heavy atom. The zero-order chi connectivity index (χ0) is 7.68. The van der Waals surface area contributed by atoms with Gasteiger partial charge < -0.3 is 5.32 Å². The minimum atomic E-state index is 0. The van der Waals surface area contributed by atoms with Crippen LogP contribution in [0.2, 0.25) is 0 Å². The monoisotopic (exact) mass is 237 g/mol. The SMILES string of the molecule is O=C1CCCCC2C[N-]CC12.[Rb+]. The molecule has 2 rings (SSSR count). The van der Waals surface area contributed by atoms with Crippen LogP contribution in [0.15, 0.2) is 0 Å². The van der Waals surface area contributed by atoms with Crippen molar-refractivity contribution in [2.24, 2.45) is 11.8 Å². The predicted octanol–water partition coefficient (Wildman–Crippen LogP) is -1.25. The zero-order valence-electron chi connectivity index (χ0n) is 7.75. The summed E-state index contributed by atoms with van der Waals surface area (Å²) in [7, 11) is 0. The Balaban J connectivity index is 0.000000720. The van der Waals surface area contributed by atoms with E-state index in [0.29, 0.717) is 17.6 Å². The van der Waals surface area contributed by atoms with Crippen molar-refractivity contribution in [3.8, 4) is 0 Å². The molecular weight excluding hydrogens is 224 g/mol. The van der Waals surface area contributed by atoms with Gasteiger partial charge in [-0.1, -0.05) is 18.8 Å². The molecule has 0 bridgehead atoms. The van der Waals surface area contributed by atoms with Gasteiger partial charge in [-0.15, -0.1) is 13.1 Å². The van der Waals surface area contributed by atoms with E-state index in [9.17, 15) is 4.79 Å². The van der Waals surface area contributed by atoms with Crippen LogP contribution in [0.5, 0.6) is 0 Å². The van der Waals surface area contributed by atoms with Crippen molar-refractivity contribution in [2.75, 3.05) is 13.1 Å². The van der Waals surface area contributed by atoms with Crippen molar-refractivity contribution in [1.82, 2.24) is 0 Å². The first-order valence-corrected chi connectivity index (χ1v) is 4.54. The standard InChI is InChI=1S/C9H14NO.Rb/c11-9-4-2-1-3-7-5-10-6-8(7)9;/h7-8H,1-6H2;/q-1;+1. The molecule has 1 heterocycles. The maximum absolute atomic E-state index is 11.4. The van der Waals surface area contributed by atoms with Crippen LogP contribution >= 0.6 is 0 Å². The molecule has 1 aliphatic heterocycles. The molecule has 1 saturated carbocycles. The van der Waals surface area contributed by atoms with E-state index in [-0.39, 0.29) is 58.2 Å². The van der Waals surface area contributed by atoms with Crippen molar-refractivity contribution >= 4 is 5.78 Å². The van der Waals surface area contributed by atoms with E-state index >= 15 is 0 Å². The fraction of sp³-hybridized carbons (Fsp3) is 0.889. The first-order valence-electron chi connectivity index (χ1n) is 4.54. The maximum atomic E-state index is 11.4. The summed E-state index contributed by atoms with van der Waals surface area (Å²) in [6.45, 7) is 1.78. The Bertz CT molecular complexity index is 172. The molecule has 0 aromatic heterocycles. The summed E-state index contributed by atoms with van der Waals surface area (Å²) in [6.07, 6.45) is 4.41. The molecular formula is C9H14NORb. The van der Waals surface area contributed by atoms with Gasteiger partial charge in [0.25, 0.3) is 0 Å². The van der Waals surface area contributed by atoms with Crippen LogP contribution in [0.1, 0.15) is 25.7 Å². The van der Waals surface area contributed by atoms with Crippen molar-refractivity contribution in [1.29, 1.82) is 0 Å². The second-order valence-electron chi connectivity index (χ2n) is 3.67. The molecule has 0 radical (unpaired) electrons. The third-order valence-electron chi connectivity index (χ3n) is 2.92. The molecule has 1 aliphatic carbocycles. The molecule has 0 N–H and O–H groups in total. The molecule has 1 saturated heterocycles. The van der Waals surface area contributed by atoms with Gasteiger partial charge in [0.2, 0.25) is 0 Å². The van der Waals surface area contributed by atoms with Crippen LogP contribution in [-0.2, 0) is 4.79 Å². The molecule has 2 unspecified atom stereocenters. The Hall–Kier alpha value is 1.44. The molecule has 0 amide bonds. The second-order valence-corrected chi connectivity index (χ2v) is 3.67. The summed E-state index contributed by atoms with van der Waals surface area (Å²) in [6, 6.07) is 0. The molecule has 0 spiro atoms. The van der Waals surface area contributed by atoms with Gasteiger partial charge in [-0.3, -0.25) is 4.79 Å². The summed E-state index contributed by atoms with van der Waals surface area (Å²) in [5.41, 5.74) is 0. The molecule has 2 fully saturated rings. The number of carbonyl (C=O) groups is 1. The van der Waals surface area contributed by atoms with Crippen LogP contribution in [0.3, 0.4) is 0 Å². The van der Waals surface area contributed by atoms with Gasteiger partial charge in [0.1, 0.15) is 5.78 Å². The predicted molar refractivity (Wildman–Crippen MR) is 43.5 cm³/mol. The molecule has 12 heavy (non-hydrogen) atoms. The van der Waals surface area contributed by atoms with Crippen LogP contribution in [0.25, 0.3) is 5.32 Å². The third-order valence-corrected chi connectivity index (χ3v) is 2.92. The first-order chi connectivity index (χ1) is 5.38.